The molecule has 0 saturated heterocycles. The first-order valence-electron chi connectivity index (χ1n) is 6.01. The highest BCUT2D eigenvalue weighted by molar-refractivity contribution is 7.13. The summed E-state index contributed by atoms with van der Waals surface area (Å²) in [6.45, 7) is 1.91. The van der Waals surface area contributed by atoms with Gasteiger partial charge in [0, 0.05) is 5.56 Å². The van der Waals surface area contributed by atoms with Crippen molar-refractivity contribution in [1.29, 1.82) is 0 Å². The van der Waals surface area contributed by atoms with Crippen LogP contribution in [-0.2, 0) is 0 Å². The Morgan fingerprint density at radius 2 is 2.05 bits per heavy atom. The monoisotopic (exact) mass is 285 g/mol. The lowest BCUT2D eigenvalue weighted by atomic mass is 10.1. The van der Waals surface area contributed by atoms with E-state index in [1.165, 1.54) is 11.3 Å². The molecule has 0 radical (unpaired) electrons. The second-order valence-electron chi connectivity index (χ2n) is 4.29. The van der Waals surface area contributed by atoms with E-state index in [1.807, 2.05) is 48.7 Å². The highest BCUT2D eigenvalue weighted by atomic mass is 32.1. The molecular formula is C15H11NO3S. The summed E-state index contributed by atoms with van der Waals surface area (Å²) < 4.78 is 5.71. The third-order valence-corrected chi connectivity index (χ3v) is 3.81. The predicted molar refractivity (Wildman–Crippen MR) is 76.9 cm³/mol. The molecule has 3 aromatic rings. The highest BCUT2D eigenvalue weighted by Gasteiger charge is 2.22. The van der Waals surface area contributed by atoms with Gasteiger partial charge in [-0.15, -0.1) is 11.3 Å². The number of benzene rings is 1. The normalized spacial score (nSPS) is 10.7. The summed E-state index contributed by atoms with van der Waals surface area (Å²) in [5.74, 6) is -0.440. The van der Waals surface area contributed by atoms with Crippen molar-refractivity contribution in [1.82, 2.24) is 4.98 Å². The van der Waals surface area contributed by atoms with Crippen molar-refractivity contribution < 1.29 is 14.3 Å². The third kappa shape index (κ3) is 2.12. The molecule has 0 atom stereocenters. The van der Waals surface area contributed by atoms with Gasteiger partial charge in [-0.25, -0.2) is 9.78 Å². The van der Waals surface area contributed by atoms with E-state index in [1.54, 1.807) is 0 Å². The average Bonchev–Trinajstić information content (AvgIpc) is 3.08. The standard InChI is InChI=1S/C15H11NO3S/c1-9-5-2-3-6-10(9)13-12(15(17)18)16-14(19-13)11-7-4-8-20-11/h2-8H,1H3,(H,17,18). The van der Waals surface area contributed by atoms with Gasteiger partial charge >= 0.3 is 5.97 Å². The summed E-state index contributed by atoms with van der Waals surface area (Å²) in [6, 6.07) is 11.2. The van der Waals surface area contributed by atoms with Gasteiger partial charge in [-0.3, -0.25) is 0 Å². The molecule has 20 heavy (non-hydrogen) atoms. The van der Waals surface area contributed by atoms with Crippen molar-refractivity contribution in [2.45, 2.75) is 6.92 Å². The Balaban J connectivity index is 2.20. The molecule has 0 aliphatic heterocycles. The molecular weight excluding hydrogens is 274 g/mol. The number of carbonyl (C=O) groups is 1. The number of oxazole rings is 1. The van der Waals surface area contributed by atoms with E-state index in [4.69, 9.17) is 4.42 Å². The number of aryl methyl sites for hydroxylation is 1. The molecule has 100 valence electrons. The number of nitrogens with zero attached hydrogens (tertiary/aromatic N) is 1. The van der Waals surface area contributed by atoms with Gasteiger partial charge in [0.15, 0.2) is 11.5 Å². The highest BCUT2D eigenvalue weighted by Crippen LogP contribution is 2.33. The van der Waals surface area contributed by atoms with Crippen molar-refractivity contribution in [2.75, 3.05) is 0 Å². The Kier molecular flexibility index (Phi) is 3.12. The zero-order valence-electron chi connectivity index (χ0n) is 10.7. The first kappa shape index (κ1) is 12.6. The van der Waals surface area contributed by atoms with Crippen LogP contribution in [0.15, 0.2) is 46.2 Å². The minimum Gasteiger partial charge on any atom is -0.476 e. The fourth-order valence-corrected chi connectivity index (χ4v) is 2.63. The van der Waals surface area contributed by atoms with Crippen molar-refractivity contribution >= 4 is 17.3 Å². The minimum absolute atomic E-state index is 0.0531. The van der Waals surface area contributed by atoms with Gasteiger partial charge < -0.3 is 9.52 Å². The molecule has 0 spiro atoms. The van der Waals surface area contributed by atoms with Crippen LogP contribution < -0.4 is 0 Å². The van der Waals surface area contributed by atoms with Crippen molar-refractivity contribution in [3.63, 3.8) is 0 Å². The Bertz CT molecular complexity index is 759. The fraction of sp³-hybridized carbons (Fsp3) is 0.0667. The van der Waals surface area contributed by atoms with Gasteiger partial charge in [0.2, 0.25) is 5.89 Å². The molecule has 0 unspecified atom stereocenters. The number of aromatic carboxylic acids is 1. The van der Waals surface area contributed by atoms with Crippen molar-refractivity contribution in [3.05, 3.63) is 53.0 Å². The molecule has 5 heteroatoms. The van der Waals surface area contributed by atoms with Crippen molar-refractivity contribution in [3.8, 4) is 22.1 Å². The van der Waals surface area contributed by atoms with Crippen LogP contribution >= 0.6 is 11.3 Å². The smallest absolute Gasteiger partial charge is 0.358 e. The largest absolute Gasteiger partial charge is 0.476 e. The third-order valence-electron chi connectivity index (χ3n) is 2.95. The van der Waals surface area contributed by atoms with Crippen molar-refractivity contribution in [2.24, 2.45) is 0 Å². The number of carboxylic acid groups (broad SMARTS) is 1. The number of hydrogen-bond acceptors (Lipinski definition) is 4. The van der Waals surface area contributed by atoms with Crippen LogP contribution in [0.2, 0.25) is 0 Å². The summed E-state index contributed by atoms with van der Waals surface area (Å²) in [5, 5.41) is 11.2. The number of hydrogen-bond donors (Lipinski definition) is 1. The van der Waals surface area contributed by atoms with Gasteiger partial charge in [-0.2, -0.15) is 0 Å². The molecule has 1 aromatic carbocycles. The lowest BCUT2D eigenvalue weighted by molar-refractivity contribution is 0.0691. The molecule has 3 rings (SSSR count). The molecule has 0 saturated carbocycles. The topological polar surface area (TPSA) is 63.3 Å². The Hall–Kier alpha value is -2.40. The molecule has 2 heterocycles. The molecule has 0 aliphatic carbocycles. The maximum atomic E-state index is 11.4. The fourth-order valence-electron chi connectivity index (χ4n) is 1.98. The predicted octanol–water partition coefficient (Wildman–Crippen LogP) is 4.08. The molecule has 4 nitrogen and oxygen atoms in total. The summed E-state index contributed by atoms with van der Waals surface area (Å²) in [6.07, 6.45) is 0. The first-order chi connectivity index (χ1) is 9.66. The van der Waals surface area contributed by atoms with E-state index in [-0.39, 0.29) is 5.69 Å². The summed E-state index contributed by atoms with van der Waals surface area (Å²) in [5.41, 5.74) is 1.65. The molecule has 0 aliphatic rings. The maximum Gasteiger partial charge on any atom is 0.358 e. The first-order valence-corrected chi connectivity index (χ1v) is 6.89. The second-order valence-corrected chi connectivity index (χ2v) is 5.24. The van der Waals surface area contributed by atoms with E-state index in [2.05, 4.69) is 4.98 Å². The van der Waals surface area contributed by atoms with Gasteiger partial charge in [0.05, 0.1) is 4.88 Å². The molecule has 1 N–H and O–H groups in total. The Morgan fingerprint density at radius 1 is 1.25 bits per heavy atom. The van der Waals surface area contributed by atoms with Crippen LogP contribution in [0.25, 0.3) is 22.1 Å². The van der Waals surface area contributed by atoms with Crippen LogP contribution in [0, 0.1) is 6.92 Å². The summed E-state index contributed by atoms with van der Waals surface area (Å²) >= 11 is 1.46. The van der Waals surface area contributed by atoms with Gasteiger partial charge in [0.1, 0.15) is 0 Å². The molecule has 0 fully saturated rings. The van der Waals surface area contributed by atoms with Gasteiger partial charge in [0.25, 0.3) is 0 Å². The minimum atomic E-state index is -1.09. The summed E-state index contributed by atoms with van der Waals surface area (Å²) in [4.78, 5) is 16.3. The maximum absolute atomic E-state index is 11.4. The van der Waals surface area contributed by atoms with E-state index in [0.29, 0.717) is 11.7 Å². The number of thiophene rings is 1. The van der Waals surface area contributed by atoms with E-state index >= 15 is 0 Å². The Morgan fingerprint density at radius 3 is 2.70 bits per heavy atom. The lowest BCUT2D eigenvalue weighted by Crippen LogP contribution is -1.99. The van der Waals surface area contributed by atoms with Gasteiger partial charge in [-0.05, 0) is 23.9 Å². The lowest BCUT2D eigenvalue weighted by Gasteiger charge is -2.01. The Labute approximate surface area is 119 Å². The van der Waals surface area contributed by atoms with E-state index in [9.17, 15) is 9.90 Å². The number of carboxylic acids is 1. The zero-order valence-corrected chi connectivity index (χ0v) is 11.5. The molecule has 2 aromatic heterocycles. The second kappa shape index (κ2) is 4.94. The SMILES string of the molecule is Cc1ccccc1-c1oc(-c2cccs2)nc1C(=O)O. The van der Waals surface area contributed by atoms with E-state index in [0.717, 1.165) is 16.0 Å². The molecule has 0 bridgehead atoms. The van der Waals surface area contributed by atoms with E-state index < -0.39 is 5.97 Å². The zero-order chi connectivity index (χ0) is 14.1. The number of rotatable bonds is 3. The number of aromatic nitrogens is 1. The van der Waals surface area contributed by atoms with Crippen LogP contribution in [0.5, 0.6) is 0 Å². The van der Waals surface area contributed by atoms with Crippen LogP contribution in [0.1, 0.15) is 16.1 Å². The quantitative estimate of drug-likeness (QED) is 0.787. The van der Waals surface area contributed by atoms with Crippen LogP contribution in [0.4, 0.5) is 0 Å². The van der Waals surface area contributed by atoms with Crippen LogP contribution in [0.3, 0.4) is 0 Å². The van der Waals surface area contributed by atoms with Gasteiger partial charge in [-0.1, -0.05) is 30.3 Å². The molecule has 0 amide bonds. The van der Waals surface area contributed by atoms with Crippen LogP contribution in [-0.4, -0.2) is 16.1 Å². The summed E-state index contributed by atoms with van der Waals surface area (Å²) in [7, 11) is 0. The average molecular weight is 285 g/mol.